The first-order valence-corrected chi connectivity index (χ1v) is 12.7. The quantitative estimate of drug-likeness (QED) is 0.308. The van der Waals surface area contributed by atoms with Gasteiger partial charge in [-0.15, -0.1) is 0 Å². The summed E-state index contributed by atoms with van der Waals surface area (Å²) in [5, 5.41) is 8.19. The Hall–Kier alpha value is -4.58. The summed E-state index contributed by atoms with van der Waals surface area (Å²) in [6.07, 6.45) is 2.84. The van der Waals surface area contributed by atoms with Crippen LogP contribution in [0.25, 0.3) is 11.5 Å². The molecular weight excluding hydrogens is 458 g/mol. The number of carbonyl (C=O) groups excluding carboxylic acids is 1. The summed E-state index contributed by atoms with van der Waals surface area (Å²) in [7, 11) is 0. The molecule has 1 aliphatic rings. The molecule has 184 valence electrons. The fourth-order valence-electron chi connectivity index (χ4n) is 5.25. The van der Waals surface area contributed by atoms with Crippen LogP contribution >= 0.6 is 0 Å². The first-order valence-electron chi connectivity index (χ1n) is 12.7. The van der Waals surface area contributed by atoms with Gasteiger partial charge in [-0.3, -0.25) is 0 Å². The third-order valence-corrected chi connectivity index (χ3v) is 6.95. The molecule has 3 aromatic carbocycles. The summed E-state index contributed by atoms with van der Waals surface area (Å²) in [5.74, 6) is 0.981. The topological polar surface area (TPSA) is 55.1 Å². The van der Waals surface area contributed by atoms with Crippen molar-refractivity contribution in [1.29, 1.82) is 0 Å². The highest BCUT2D eigenvalue weighted by Gasteiger charge is 2.36. The number of anilines is 1. The maximum Gasteiger partial charge on any atom is 0.322 e. The molecule has 6 rings (SSSR count). The van der Waals surface area contributed by atoms with Crippen molar-refractivity contribution >= 4 is 11.7 Å². The van der Waals surface area contributed by atoms with Gasteiger partial charge in [0.2, 0.25) is 0 Å². The van der Waals surface area contributed by atoms with Gasteiger partial charge in [0.25, 0.3) is 0 Å². The highest BCUT2D eigenvalue weighted by Crippen LogP contribution is 2.39. The molecule has 0 spiro atoms. The Balaban J connectivity index is 1.55. The Labute approximate surface area is 216 Å². The first kappa shape index (κ1) is 22.9. The van der Waals surface area contributed by atoms with Crippen molar-refractivity contribution in [2.45, 2.75) is 32.9 Å². The fraction of sp³-hybridized carbons (Fsp3) is 0.161. The molecule has 2 amide bonds. The summed E-state index contributed by atoms with van der Waals surface area (Å²) in [6.45, 7) is 4.58. The predicted octanol–water partition coefficient (Wildman–Crippen LogP) is 6.67. The van der Waals surface area contributed by atoms with Crippen molar-refractivity contribution in [2.24, 2.45) is 0 Å². The van der Waals surface area contributed by atoms with Crippen molar-refractivity contribution in [3.8, 4) is 11.5 Å². The van der Waals surface area contributed by atoms with Crippen molar-refractivity contribution < 1.29 is 4.79 Å². The van der Waals surface area contributed by atoms with Gasteiger partial charge in [-0.2, -0.15) is 5.10 Å². The van der Waals surface area contributed by atoms with Crippen LogP contribution in [0, 0.1) is 6.92 Å². The number of fused-ring (bicyclic) bond motifs is 3. The van der Waals surface area contributed by atoms with Crippen LogP contribution in [-0.2, 0) is 13.0 Å². The molecule has 0 radical (unpaired) electrons. The molecule has 1 N–H and O–H groups in total. The number of aromatic nitrogens is 3. The van der Waals surface area contributed by atoms with Crippen LogP contribution < -0.4 is 5.32 Å². The molecule has 6 heteroatoms. The molecular formula is C31H29N5O. The van der Waals surface area contributed by atoms with Crippen LogP contribution in [0.3, 0.4) is 0 Å². The second kappa shape index (κ2) is 9.47. The summed E-state index contributed by atoms with van der Waals surface area (Å²) < 4.78 is 4.22. The Morgan fingerprint density at radius 2 is 1.70 bits per heavy atom. The molecule has 1 atom stereocenters. The average Bonchev–Trinajstić information content (AvgIpc) is 3.51. The molecule has 5 aromatic rings. The van der Waals surface area contributed by atoms with E-state index in [1.165, 1.54) is 0 Å². The lowest BCUT2D eigenvalue weighted by Gasteiger charge is -2.31. The number of nitrogens with one attached hydrogen (secondary N) is 1. The second-order valence-corrected chi connectivity index (χ2v) is 9.39. The maximum atomic E-state index is 14.0. The number of aryl methyl sites for hydroxylation is 2. The van der Waals surface area contributed by atoms with Gasteiger partial charge < -0.3 is 14.8 Å². The van der Waals surface area contributed by atoms with Gasteiger partial charge in [0, 0.05) is 17.4 Å². The molecule has 0 aliphatic carbocycles. The molecule has 1 aliphatic heterocycles. The van der Waals surface area contributed by atoms with E-state index in [1.807, 2.05) is 83.2 Å². The number of carbonyl (C=O) groups is 1. The standard InChI is InChI=1S/C31H29N5O/c1-3-27-26-21-35(31(37)32-24-15-10-12-22(2)20-24)29(23-13-6-4-7-14-23)28-18-11-19-34(28)30(26)36(33-27)25-16-8-5-9-17-25/h4-20,29H,3,21H2,1-2H3,(H,32,37)/t29-/m0/s1. The van der Waals surface area contributed by atoms with Crippen LogP contribution in [0.5, 0.6) is 0 Å². The number of urea groups is 1. The summed E-state index contributed by atoms with van der Waals surface area (Å²) in [5.41, 5.74) is 7.00. The van der Waals surface area contributed by atoms with E-state index >= 15 is 0 Å². The zero-order chi connectivity index (χ0) is 25.4. The molecule has 2 aromatic heterocycles. The van der Waals surface area contributed by atoms with Gasteiger partial charge in [0.05, 0.1) is 29.7 Å². The van der Waals surface area contributed by atoms with Crippen LogP contribution in [0.4, 0.5) is 10.5 Å². The van der Waals surface area contributed by atoms with Crippen molar-refractivity contribution in [2.75, 3.05) is 5.32 Å². The summed E-state index contributed by atoms with van der Waals surface area (Å²) in [4.78, 5) is 15.9. The van der Waals surface area contributed by atoms with Crippen molar-refractivity contribution in [3.63, 3.8) is 0 Å². The third-order valence-electron chi connectivity index (χ3n) is 6.95. The number of nitrogens with zero attached hydrogens (tertiary/aromatic N) is 4. The van der Waals surface area contributed by atoms with Crippen LogP contribution in [-0.4, -0.2) is 25.3 Å². The number of hydrogen-bond donors (Lipinski definition) is 1. The van der Waals surface area contributed by atoms with Gasteiger partial charge in [-0.05, 0) is 60.9 Å². The molecule has 0 fully saturated rings. The van der Waals surface area contributed by atoms with Gasteiger partial charge in [-0.25, -0.2) is 9.48 Å². The Morgan fingerprint density at radius 1 is 0.946 bits per heavy atom. The second-order valence-electron chi connectivity index (χ2n) is 9.39. The van der Waals surface area contributed by atoms with Crippen molar-refractivity contribution in [1.82, 2.24) is 19.2 Å². The molecule has 0 bridgehead atoms. The largest absolute Gasteiger partial charge is 0.322 e. The van der Waals surface area contributed by atoms with Crippen LogP contribution in [0.15, 0.2) is 103 Å². The van der Waals surface area contributed by atoms with Gasteiger partial charge in [0.15, 0.2) is 0 Å². The van der Waals surface area contributed by atoms with Gasteiger partial charge in [0.1, 0.15) is 5.82 Å². The highest BCUT2D eigenvalue weighted by atomic mass is 16.2. The van der Waals surface area contributed by atoms with Crippen molar-refractivity contribution in [3.05, 3.63) is 131 Å². The van der Waals surface area contributed by atoms with E-state index in [2.05, 4.69) is 53.3 Å². The minimum absolute atomic E-state index is 0.144. The average molecular weight is 488 g/mol. The minimum atomic E-state index is -0.276. The van der Waals surface area contributed by atoms with E-state index < -0.39 is 0 Å². The van der Waals surface area contributed by atoms with E-state index in [9.17, 15) is 4.79 Å². The minimum Gasteiger partial charge on any atom is -0.308 e. The number of benzene rings is 3. The maximum absolute atomic E-state index is 14.0. The first-order chi connectivity index (χ1) is 18.1. The molecule has 37 heavy (non-hydrogen) atoms. The Morgan fingerprint density at radius 3 is 2.43 bits per heavy atom. The van der Waals surface area contributed by atoms with E-state index in [0.717, 1.165) is 51.7 Å². The molecule has 6 nitrogen and oxygen atoms in total. The lowest BCUT2D eigenvalue weighted by Crippen LogP contribution is -2.38. The summed E-state index contributed by atoms with van der Waals surface area (Å²) in [6, 6.07) is 32.1. The SMILES string of the molecule is CCc1nn(-c2ccccc2)c2c1CN(C(=O)Nc1cccc(C)c1)[C@@H](c1ccccc1)c1cccn1-2. The van der Waals surface area contributed by atoms with E-state index in [0.29, 0.717) is 6.54 Å². The zero-order valence-corrected chi connectivity index (χ0v) is 21.0. The number of rotatable bonds is 4. The number of para-hydroxylation sites is 1. The molecule has 0 unspecified atom stereocenters. The number of amides is 2. The Bertz CT molecular complexity index is 1550. The van der Waals surface area contributed by atoms with E-state index in [1.54, 1.807) is 0 Å². The molecule has 3 heterocycles. The normalized spacial score (nSPS) is 14.5. The monoisotopic (exact) mass is 487 g/mol. The Kier molecular flexibility index (Phi) is 5.85. The zero-order valence-electron chi connectivity index (χ0n) is 21.0. The van der Waals surface area contributed by atoms with Crippen LogP contribution in [0.1, 0.15) is 41.0 Å². The lowest BCUT2D eigenvalue weighted by atomic mass is 10.0. The third kappa shape index (κ3) is 4.10. The van der Waals surface area contributed by atoms with Gasteiger partial charge >= 0.3 is 6.03 Å². The van der Waals surface area contributed by atoms with Gasteiger partial charge in [-0.1, -0.05) is 67.6 Å². The van der Waals surface area contributed by atoms with Crippen LogP contribution in [0.2, 0.25) is 0 Å². The predicted molar refractivity (Wildman–Crippen MR) is 146 cm³/mol. The highest BCUT2D eigenvalue weighted by molar-refractivity contribution is 5.90. The lowest BCUT2D eigenvalue weighted by molar-refractivity contribution is 0.194. The fourth-order valence-corrected chi connectivity index (χ4v) is 5.25. The molecule has 0 saturated carbocycles. The number of hydrogen-bond acceptors (Lipinski definition) is 2. The van der Waals surface area contributed by atoms with E-state index in [4.69, 9.17) is 5.10 Å². The molecule has 0 saturated heterocycles. The summed E-state index contributed by atoms with van der Waals surface area (Å²) >= 11 is 0. The smallest absolute Gasteiger partial charge is 0.308 e. The van der Waals surface area contributed by atoms with E-state index in [-0.39, 0.29) is 12.1 Å².